The summed E-state index contributed by atoms with van der Waals surface area (Å²) in [5.41, 5.74) is 1.00. The zero-order valence-electron chi connectivity index (χ0n) is 9.54. The van der Waals surface area contributed by atoms with Gasteiger partial charge in [0.05, 0.1) is 11.0 Å². The first-order chi connectivity index (χ1) is 7.97. The van der Waals surface area contributed by atoms with Gasteiger partial charge in [-0.1, -0.05) is 12.1 Å². The molecule has 0 heterocycles. The van der Waals surface area contributed by atoms with Gasteiger partial charge < -0.3 is 5.11 Å². The highest BCUT2D eigenvalue weighted by Crippen LogP contribution is 2.33. The van der Waals surface area contributed by atoms with Gasteiger partial charge in [-0.3, -0.25) is 0 Å². The molecule has 0 bridgehead atoms. The van der Waals surface area contributed by atoms with Crippen molar-refractivity contribution in [2.24, 2.45) is 5.14 Å². The van der Waals surface area contributed by atoms with E-state index in [9.17, 15) is 13.5 Å². The van der Waals surface area contributed by atoms with Crippen molar-refractivity contribution in [1.29, 1.82) is 0 Å². The van der Waals surface area contributed by atoms with E-state index in [4.69, 9.17) is 5.14 Å². The summed E-state index contributed by atoms with van der Waals surface area (Å²) in [5.74, 6) is 0.333. The van der Waals surface area contributed by atoms with Crippen molar-refractivity contribution < 1.29 is 13.5 Å². The lowest BCUT2D eigenvalue weighted by Crippen LogP contribution is -2.17. The van der Waals surface area contributed by atoms with Gasteiger partial charge in [0.1, 0.15) is 0 Å². The number of aliphatic hydroxyl groups excluding tert-OH is 1. The number of hydrogen-bond donors (Lipinski definition) is 2. The summed E-state index contributed by atoms with van der Waals surface area (Å²) in [6.45, 7) is 0. The molecule has 1 aromatic carbocycles. The average molecular weight is 255 g/mol. The van der Waals surface area contributed by atoms with Crippen LogP contribution in [0.15, 0.2) is 29.2 Å². The third-order valence-electron chi connectivity index (χ3n) is 3.35. The summed E-state index contributed by atoms with van der Waals surface area (Å²) in [7, 11) is -3.62. The SMILES string of the molecule is NS(=O)(=O)c1cccc(C2CCC(O)CC2)c1. The molecule has 1 aliphatic carbocycles. The number of aliphatic hydroxyl groups is 1. The first-order valence-electron chi connectivity index (χ1n) is 5.77. The number of nitrogens with two attached hydrogens (primary N) is 1. The quantitative estimate of drug-likeness (QED) is 0.837. The molecule has 0 spiro atoms. The molecule has 1 saturated carbocycles. The predicted molar refractivity (Wildman–Crippen MR) is 65.0 cm³/mol. The van der Waals surface area contributed by atoms with Gasteiger partial charge in [0, 0.05) is 0 Å². The standard InChI is InChI=1S/C12H17NO3S/c13-17(15,16)12-3-1-2-10(8-12)9-4-6-11(14)7-5-9/h1-3,8-9,11,14H,4-7H2,(H2,13,15,16). The van der Waals surface area contributed by atoms with E-state index in [1.54, 1.807) is 12.1 Å². The third-order valence-corrected chi connectivity index (χ3v) is 4.27. The molecular weight excluding hydrogens is 238 g/mol. The van der Waals surface area contributed by atoms with E-state index >= 15 is 0 Å². The Morgan fingerprint density at radius 3 is 2.41 bits per heavy atom. The Balaban J connectivity index is 2.22. The molecule has 0 aromatic heterocycles. The zero-order valence-corrected chi connectivity index (χ0v) is 10.4. The van der Waals surface area contributed by atoms with Crippen LogP contribution in [0.3, 0.4) is 0 Å². The van der Waals surface area contributed by atoms with E-state index in [1.807, 2.05) is 6.07 Å². The second-order valence-electron chi connectivity index (χ2n) is 4.62. The van der Waals surface area contributed by atoms with Gasteiger partial charge in [0.2, 0.25) is 10.0 Å². The summed E-state index contributed by atoms with van der Waals surface area (Å²) in [5, 5.41) is 14.6. The van der Waals surface area contributed by atoms with Crippen LogP contribution in [0.5, 0.6) is 0 Å². The van der Waals surface area contributed by atoms with E-state index < -0.39 is 10.0 Å². The summed E-state index contributed by atoms with van der Waals surface area (Å²) < 4.78 is 22.5. The van der Waals surface area contributed by atoms with E-state index in [1.165, 1.54) is 6.07 Å². The molecule has 4 nitrogen and oxygen atoms in total. The number of sulfonamides is 1. The maximum absolute atomic E-state index is 11.3. The van der Waals surface area contributed by atoms with Crippen molar-refractivity contribution in [1.82, 2.24) is 0 Å². The van der Waals surface area contributed by atoms with Crippen molar-refractivity contribution in [3.8, 4) is 0 Å². The second kappa shape index (κ2) is 4.76. The van der Waals surface area contributed by atoms with Gasteiger partial charge in [-0.05, 0) is 49.3 Å². The highest BCUT2D eigenvalue weighted by atomic mass is 32.2. The van der Waals surface area contributed by atoms with Crippen LogP contribution in [0.25, 0.3) is 0 Å². The highest BCUT2D eigenvalue weighted by Gasteiger charge is 2.21. The Kier molecular flexibility index (Phi) is 3.51. The molecule has 0 unspecified atom stereocenters. The molecule has 94 valence electrons. The fourth-order valence-electron chi connectivity index (χ4n) is 2.35. The van der Waals surface area contributed by atoms with Crippen molar-refractivity contribution >= 4 is 10.0 Å². The van der Waals surface area contributed by atoms with Crippen LogP contribution in [0.2, 0.25) is 0 Å². The molecule has 3 N–H and O–H groups in total. The molecule has 0 saturated heterocycles. The van der Waals surface area contributed by atoms with Gasteiger partial charge in [0.25, 0.3) is 0 Å². The van der Waals surface area contributed by atoms with E-state index in [2.05, 4.69) is 0 Å². The molecule has 0 atom stereocenters. The minimum absolute atomic E-state index is 0.168. The predicted octanol–water partition coefficient (Wildman–Crippen LogP) is 1.35. The van der Waals surface area contributed by atoms with Crippen LogP contribution in [0.4, 0.5) is 0 Å². The van der Waals surface area contributed by atoms with Crippen molar-refractivity contribution in [2.75, 3.05) is 0 Å². The van der Waals surface area contributed by atoms with Gasteiger partial charge >= 0.3 is 0 Å². The molecule has 1 aromatic rings. The first kappa shape index (κ1) is 12.5. The Morgan fingerprint density at radius 2 is 1.82 bits per heavy atom. The monoisotopic (exact) mass is 255 g/mol. The largest absolute Gasteiger partial charge is 0.393 e. The second-order valence-corrected chi connectivity index (χ2v) is 6.18. The fraction of sp³-hybridized carbons (Fsp3) is 0.500. The lowest BCUT2D eigenvalue weighted by Gasteiger charge is -2.25. The molecule has 0 aliphatic heterocycles. The normalized spacial score (nSPS) is 25.8. The minimum Gasteiger partial charge on any atom is -0.393 e. The Bertz CT molecular complexity index is 490. The molecule has 0 radical (unpaired) electrons. The van der Waals surface area contributed by atoms with Gasteiger partial charge in [-0.2, -0.15) is 0 Å². The fourth-order valence-corrected chi connectivity index (χ4v) is 2.92. The number of benzene rings is 1. The van der Waals surface area contributed by atoms with E-state index in [0.717, 1.165) is 31.2 Å². The summed E-state index contributed by atoms with van der Waals surface area (Å²) in [6.07, 6.45) is 3.16. The maximum Gasteiger partial charge on any atom is 0.238 e. The summed E-state index contributed by atoms with van der Waals surface area (Å²) >= 11 is 0. The van der Waals surface area contributed by atoms with Crippen LogP contribution >= 0.6 is 0 Å². The molecule has 1 fully saturated rings. The van der Waals surface area contributed by atoms with Crippen molar-refractivity contribution in [3.05, 3.63) is 29.8 Å². The van der Waals surface area contributed by atoms with E-state index in [0.29, 0.717) is 5.92 Å². The number of primary sulfonamides is 1. The Hall–Kier alpha value is -0.910. The molecule has 1 aliphatic rings. The smallest absolute Gasteiger partial charge is 0.238 e. The zero-order chi connectivity index (χ0) is 12.5. The lowest BCUT2D eigenvalue weighted by molar-refractivity contribution is 0.122. The van der Waals surface area contributed by atoms with Gasteiger partial charge in [-0.15, -0.1) is 0 Å². The third kappa shape index (κ3) is 3.06. The first-order valence-corrected chi connectivity index (χ1v) is 7.32. The van der Waals surface area contributed by atoms with Crippen LogP contribution in [0, 0.1) is 0 Å². The molecule has 5 heteroatoms. The highest BCUT2D eigenvalue weighted by molar-refractivity contribution is 7.89. The van der Waals surface area contributed by atoms with Crippen LogP contribution < -0.4 is 5.14 Å². The molecular formula is C12H17NO3S. The molecule has 2 rings (SSSR count). The maximum atomic E-state index is 11.3. The summed E-state index contributed by atoms with van der Waals surface area (Å²) in [6, 6.07) is 6.81. The van der Waals surface area contributed by atoms with Crippen molar-refractivity contribution in [2.45, 2.75) is 42.6 Å². The molecule has 17 heavy (non-hydrogen) atoms. The minimum atomic E-state index is -3.62. The van der Waals surface area contributed by atoms with Crippen molar-refractivity contribution in [3.63, 3.8) is 0 Å². The van der Waals surface area contributed by atoms with E-state index in [-0.39, 0.29) is 11.0 Å². The topological polar surface area (TPSA) is 80.4 Å². The van der Waals surface area contributed by atoms with Gasteiger partial charge in [0.15, 0.2) is 0 Å². The Labute approximate surface area is 102 Å². The van der Waals surface area contributed by atoms with Crippen LogP contribution in [0.1, 0.15) is 37.2 Å². The number of rotatable bonds is 2. The van der Waals surface area contributed by atoms with Crippen LogP contribution in [-0.2, 0) is 10.0 Å². The average Bonchev–Trinajstić information content (AvgIpc) is 2.29. The summed E-state index contributed by atoms with van der Waals surface area (Å²) in [4.78, 5) is 0.168. The Morgan fingerprint density at radius 1 is 1.18 bits per heavy atom. The van der Waals surface area contributed by atoms with Crippen LogP contribution in [-0.4, -0.2) is 19.6 Å². The van der Waals surface area contributed by atoms with Gasteiger partial charge in [-0.25, -0.2) is 13.6 Å². The molecule has 0 amide bonds. The lowest BCUT2D eigenvalue weighted by atomic mass is 9.83. The number of hydrogen-bond acceptors (Lipinski definition) is 3.